The summed E-state index contributed by atoms with van der Waals surface area (Å²) in [6.07, 6.45) is 6.07. The maximum atomic E-state index is 6.20. The highest BCUT2D eigenvalue weighted by Gasteiger charge is 2.12. The summed E-state index contributed by atoms with van der Waals surface area (Å²) >= 11 is 6.20. The van der Waals surface area contributed by atoms with Crippen molar-refractivity contribution < 1.29 is 0 Å². The van der Waals surface area contributed by atoms with Crippen LogP contribution in [0.2, 0.25) is 5.15 Å². The molecule has 0 aliphatic rings. The normalized spacial score (nSPS) is 11.3. The van der Waals surface area contributed by atoms with Gasteiger partial charge in [-0.2, -0.15) is 0 Å². The Hall–Kier alpha value is -2.46. The van der Waals surface area contributed by atoms with Crippen molar-refractivity contribution in [1.29, 1.82) is 0 Å². The van der Waals surface area contributed by atoms with Gasteiger partial charge in [-0.3, -0.25) is 4.98 Å². The molecule has 4 rings (SSSR count). The highest BCUT2D eigenvalue weighted by atomic mass is 35.5. The highest BCUT2D eigenvalue weighted by molar-refractivity contribution is 6.35. The van der Waals surface area contributed by atoms with Gasteiger partial charge in [0.2, 0.25) is 0 Å². The summed E-state index contributed by atoms with van der Waals surface area (Å²) in [7, 11) is 0. The Kier molecular flexibility index (Phi) is 2.82. The summed E-state index contributed by atoms with van der Waals surface area (Å²) in [6.45, 7) is 0. The first-order valence-corrected chi connectivity index (χ1v) is 7.00. The maximum absolute atomic E-state index is 6.20. The van der Waals surface area contributed by atoms with Gasteiger partial charge in [0.05, 0.1) is 11.8 Å². The summed E-state index contributed by atoms with van der Waals surface area (Å²) in [5, 5.41) is 1.51. The first kappa shape index (κ1) is 12.3. The van der Waals surface area contributed by atoms with Gasteiger partial charge in [0.25, 0.3) is 0 Å². The van der Waals surface area contributed by atoms with Gasteiger partial charge >= 0.3 is 0 Å². The smallest absolute Gasteiger partial charge is 0.155 e. The molecule has 0 aliphatic carbocycles. The van der Waals surface area contributed by atoms with Crippen LogP contribution in [0.4, 0.5) is 0 Å². The van der Waals surface area contributed by atoms with E-state index in [1.165, 1.54) is 11.1 Å². The van der Waals surface area contributed by atoms with Gasteiger partial charge < -0.3 is 4.98 Å². The lowest BCUT2D eigenvalue weighted by Crippen LogP contribution is -1.93. The number of aromatic nitrogens is 4. The number of nitrogens with zero attached hydrogens (tertiary/aromatic N) is 3. The van der Waals surface area contributed by atoms with E-state index in [2.05, 4.69) is 26.0 Å². The lowest BCUT2D eigenvalue weighted by Gasteiger charge is -2.07. The third kappa shape index (κ3) is 2.04. The number of nitrogens with one attached hydrogen (secondary N) is 1. The molecular formula is C16H11ClN4. The number of halogens is 1. The van der Waals surface area contributed by atoms with Crippen LogP contribution in [0.1, 0.15) is 11.1 Å². The van der Waals surface area contributed by atoms with Crippen molar-refractivity contribution in [2.75, 3.05) is 0 Å². The molecule has 0 saturated heterocycles. The van der Waals surface area contributed by atoms with Gasteiger partial charge in [-0.05, 0) is 35.7 Å². The van der Waals surface area contributed by atoms with E-state index in [4.69, 9.17) is 11.6 Å². The molecule has 102 valence electrons. The third-order valence-corrected chi connectivity index (χ3v) is 3.85. The number of H-pyrrole nitrogens is 1. The van der Waals surface area contributed by atoms with Crippen LogP contribution in [0.25, 0.3) is 21.9 Å². The van der Waals surface area contributed by atoms with Crippen molar-refractivity contribution in [3.05, 3.63) is 65.3 Å². The fraction of sp³-hybridized carbons (Fsp3) is 0.0625. The molecule has 0 radical (unpaired) electrons. The summed E-state index contributed by atoms with van der Waals surface area (Å²) < 4.78 is 0. The van der Waals surface area contributed by atoms with Gasteiger partial charge in [-0.25, -0.2) is 9.97 Å². The fourth-order valence-corrected chi connectivity index (χ4v) is 2.86. The van der Waals surface area contributed by atoms with E-state index in [-0.39, 0.29) is 0 Å². The number of pyridine rings is 2. The van der Waals surface area contributed by atoms with E-state index in [0.717, 1.165) is 28.4 Å². The van der Waals surface area contributed by atoms with E-state index in [9.17, 15) is 0 Å². The minimum absolute atomic E-state index is 0.455. The second-order valence-electron chi connectivity index (χ2n) is 4.87. The minimum Gasteiger partial charge on any atom is -0.342 e. The largest absolute Gasteiger partial charge is 0.342 e. The summed E-state index contributed by atoms with van der Waals surface area (Å²) in [5.74, 6) is 0. The van der Waals surface area contributed by atoms with Crippen LogP contribution in [0.3, 0.4) is 0 Å². The zero-order chi connectivity index (χ0) is 14.2. The standard InChI is InChI=1S/C16H11ClN4/c17-16-15-14(19-9-20-15)13-11(2-1-3-12(13)21-16)8-10-4-6-18-7-5-10/h1-7,9H,8H2,(H,19,20). The number of hydrogen-bond acceptors (Lipinski definition) is 3. The second-order valence-corrected chi connectivity index (χ2v) is 5.23. The van der Waals surface area contributed by atoms with Gasteiger partial charge in [0, 0.05) is 17.8 Å². The van der Waals surface area contributed by atoms with Crippen LogP contribution in [0.5, 0.6) is 0 Å². The van der Waals surface area contributed by atoms with Crippen LogP contribution in [0.15, 0.2) is 49.1 Å². The first-order chi connectivity index (χ1) is 10.3. The molecule has 0 saturated carbocycles. The average molecular weight is 295 g/mol. The van der Waals surface area contributed by atoms with Crippen molar-refractivity contribution in [3.8, 4) is 0 Å². The molecule has 4 nitrogen and oxygen atoms in total. The monoisotopic (exact) mass is 294 g/mol. The number of fused-ring (bicyclic) bond motifs is 3. The molecule has 4 aromatic rings. The fourth-order valence-electron chi connectivity index (χ4n) is 2.62. The predicted molar refractivity (Wildman–Crippen MR) is 83.4 cm³/mol. The Morgan fingerprint density at radius 3 is 2.81 bits per heavy atom. The summed E-state index contributed by atoms with van der Waals surface area (Å²) in [5.41, 5.74) is 4.91. The molecule has 1 aromatic carbocycles. The molecule has 5 heteroatoms. The number of benzene rings is 1. The predicted octanol–water partition coefficient (Wildman–Crippen LogP) is 3.75. The molecule has 0 bridgehead atoms. The van der Waals surface area contributed by atoms with Gasteiger partial charge in [0.1, 0.15) is 11.0 Å². The Balaban J connectivity index is 1.99. The lowest BCUT2D eigenvalue weighted by atomic mass is 10.0. The highest BCUT2D eigenvalue weighted by Crippen LogP contribution is 2.30. The molecule has 3 aromatic heterocycles. The van der Waals surface area contributed by atoms with E-state index in [1.54, 1.807) is 18.7 Å². The molecule has 0 aliphatic heterocycles. The molecule has 0 spiro atoms. The van der Waals surface area contributed by atoms with E-state index < -0.39 is 0 Å². The van der Waals surface area contributed by atoms with Crippen LogP contribution < -0.4 is 0 Å². The zero-order valence-corrected chi connectivity index (χ0v) is 11.8. The van der Waals surface area contributed by atoms with Crippen molar-refractivity contribution in [2.45, 2.75) is 6.42 Å². The van der Waals surface area contributed by atoms with E-state index >= 15 is 0 Å². The Labute approximate surface area is 125 Å². The van der Waals surface area contributed by atoms with Crippen LogP contribution in [-0.4, -0.2) is 19.9 Å². The Morgan fingerprint density at radius 2 is 1.95 bits per heavy atom. The number of hydrogen-bond donors (Lipinski definition) is 1. The minimum atomic E-state index is 0.455. The van der Waals surface area contributed by atoms with Crippen LogP contribution >= 0.6 is 11.6 Å². The van der Waals surface area contributed by atoms with Crippen molar-refractivity contribution in [1.82, 2.24) is 19.9 Å². The van der Waals surface area contributed by atoms with E-state index in [0.29, 0.717) is 5.15 Å². The second kappa shape index (κ2) is 4.82. The summed E-state index contributed by atoms with van der Waals surface area (Å²) in [4.78, 5) is 16.0. The zero-order valence-electron chi connectivity index (χ0n) is 11.0. The number of imidazole rings is 1. The van der Waals surface area contributed by atoms with Crippen molar-refractivity contribution in [2.24, 2.45) is 0 Å². The van der Waals surface area contributed by atoms with Crippen molar-refractivity contribution in [3.63, 3.8) is 0 Å². The van der Waals surface area contributed by atoms with E-state index in [1.807, 2.05) is 24.3 Å². The molecule has 21 heavy (non-hydrogen) atoms. The molecule has 0 fully saturated rings. The quantitative estimate of drug-likeness (QED) is 0.573. The Bertz CT molecular complexity index is 931. The average Bonchev–Trinajstić information content (AvgIpc) is 2.98. The maximum Gasteiger partial charge on any atom is 0.155 e. The third-order valence-electron chi connectivity index (χ3n) is 3.57. The first-order valence-electron chi connectivity index (χ1n) is 6.62. The molecular weight excluding hydrogens is 284 g/mol. The number of rotatable bonds is 2. The summed E-state index contributed by atoms with van der Waals surface area (Å²) in [6, 6.07) is 10.1. The molecule has 0 atom stereocenters. The molecule has 0 unspecified atom stereocenters. The van der Waals surface area contributed by atoms with Gasteiger partial charge in [-0.15, -0.1) is 0 Å². The number of aromatic amines is 1. The van der Waals surface area contributed by atoms with Gasteiger partial charge in [0.15, 0.2) is 5.15 Å². The molecule has 3 heterocycles. The van der Waals surface area contributed by atoms with Crippen molar-refractivity contribution >= 4 is 33.5 Å². The SMILES string of the molecule is Clc1nc2cccc(Cc3ccncc3)c2c2nc[nH]c12. The van der Waals surface area contributed by atoms with Crippen LogP contribution in [-0.2, 0) is 6.42 Å². The van der Waals surface area contributed by atoms with Crippen LogP contribution in [0, 0.1) is 0 Å². The molecule has 0 amide bonds. The molecule has 1 N–H and O–H groups in total. The van der Waals surface area contributed by atoms with Gasteiger partial charge in [-0.1, -0.05) is 23.7 Å². The lowest BCUT2D eigenvalue weighted by molar-refractivity contribution is 1.18. The topological polar surface area (TPSA) is 54.5 Å². The Morgan fingerprint density at radius 1 is 1.10 bits per heavy atom.